The van der Waals surface area contributed by atoms with Gasteiger partial charge in [-0.05, 0) is 0 Å². The molecule has 0 atom stereocenters. The zero-order valence-corrected chi connectivity index (χ0v) is 25.5. The summed E-state index contributed by atoms with van der Waals surface area (Å²) in [5.41, 5.74) is 13.0. The van der Waals surface area contributed by atoms with Crippen LogP contribution in [0.25, 0.3) is 11.1 Å². The van der Waals surface area contributed by atoms with E-state index in [1.54, 1.807) is 22.3 Å². The fourth-order valence-electron chi connectivity index (χ4n) is 6.06. The van der Waals surface area contributed by atoms with Gasteiger partial charge in [-0.25, -0.2) is 0 Å². The molecule has 3 aliphatic rings. The standard InChI is InChI=1S/C21H25.C7H9.C2H4.2ClH.Zr/c1-20(2,3)16-7-9-18-14(12-16)11-15-13-17(21(4,5)6)8-10-19(15)18;1-6-4-3-5-7(6)2;1-2;;;/h7-13H,1-6H3;4H,3H2,1-2H3;1-2H2;2*1H;/q;;;;;+2/p-2. The first-order valence-corrected chi connectivity index (χ1v) is 18.2. The normalized spacial score (nSPS) is 17.9. The zero-order chi connectivity index (χ0) is 22.3. The molecule has 0 nitrogen and oxygen atoms in total. The van der Waals surface area contributed by atoms with Crippen molar-refractivity contribution in [2.45, 2.75) is 84.5 Å². The molecule has 1 fully saturated rings. The smallest absolute Gasteiger partial charge is 1.00 e. The van der Waals surface area contributed by atoms with Crippen LogP contribution in [0.15, 0.2) is 56.9 Å². The van der Waals surface area contributed by atoms with Gasteiger partial charge in [0.15, 0.2) is 0 Å². The van der Waals surface area contributed by atoms with E-state index in [2.05, 4.69) is 97.9 Å². The summed E-state index contributed by atoms with van der Waals surface area (Å²) in [6.45, 7) is 18.9. The van der Waals surface area contributed by atoms with Crippen molar-refractivity contribution >= 4 is 0 Å². The average Bonchev–Trinajstić information content (AvgIpc) is 3.30. The third-order valence-corrected chi connectivity index (χ3v) is 20.8. The summed E-state index contributed by atoms with van der Waals surface area (Å²) in [7, 11) is 0. The summed E-state index contributed by atoms with van der Waals surface area (Å²) in [4.78, 5) is 0. The summed E-state index contributed by atoms with van der Waals surface area (Å²) < 4.78 is 5.70. The summed E-state index contributed by atoms with van der Waals surface area (Å²) >= 11 is -2.47. The molecule has 1 saturated heterocycles. The molecular formula is C30H38Cl2Zr. The molecule has 2 aliphatic carbocycles. The van der Waals surface area contributed by atoms with Crippen molar-refractivity contribution in [3.63, 3.8) is 0 Å². The number of rotatable bonds is 2. The number of allylic oxidation sites excluding steroid dienone is 4. The quantitative estimate of drug-likeness (QED) is 0.530. The Bertz CT molecular complexity index is 1090. The van der Waals surface area contributed by atoms with Crippen LogP contribution in [-0.4, -0.2) is 0 Å². The van der Waals surface area contributed by atoms with Crippen LogP contribution in [0.5, 0.6) is 0 Å². The van der Waals surface area contributed by atoms with E-state index in [1.807, 2.05) is 3.28 Å². The van der Waals surface area contributed by atoms with Crippen molar-refractivity contribution in [3.8, 4) is 11.1 Å². The van der Waals surface area contributed by atoms with E-state index in [0.717, 1.165) is 0 Å². The van der Waals surface area contributed by atoms with Crippen molar-refractivity contribution in [3.05, 3.63) is 79.2 Å². The van der Waals surface area contributed by atoms with Crippen LogP contribution in [-0.2, 0) is 31.1 Å². The predicted molar refractivity (Wildman–Crippen MR) is 132 cm³/mol. The molecule has 2 aromatic carbocycles. The molecule has 0 spiro atoms. The van der Waals surface area contributed by atoms with Gasteiger partial charge in [0.1, 0.15) is 0 Å². The zero-order valence-electron chi connectivity index (χ0n) is 21.5. The number of hydrogen-bond acceptors (Lipinski definition) is 0. The van der Waals surface area contributed by atoms with Gasteiger partial charge in [0.25, 0.3) is 0 Å². The number of benzene rings is 2. The van der Waals surface area contributed by atoms with E-state index in [0.29, 0.717) is 3.63 Å². The van der Waals surface area contributed by atoms with Gasteiger partial charge in [0, 0.05) is 0 Å². The Hall–Kier alpha value is -0.617. The second-order valence-corrected chi connectivity index (χ2v) is 23.4. The molecule has 176 valence electrons. The summed E-state index contributed by atoms with van der Waals surface area (Å²) in [5.74, 6) is 0. The van der Waals surface area contributed by atoms with Crippen LogP contribution in [0.3, 0.4) is 0 Å². The third-order valence-electron chi connectivity index (χ3n) is 8.35. The first-order valence-electron chi connectivity index (χ1n) is 12.1. The van der Waals surface area contributed by atoms with Gasteiger partial charge in [-0.1, -0.05) is 0 Å². The minimum atomic E-state index is -2.47. The molecule has 33 heavy (non-hydrogen) atoms. The fourth-order valence-corrected chi connectivity index (χ4v) is 22.1. The van der Waals surface area contributed by atoms with E-state index < -0.39 is 20.3 Å². The molecule has 5 rings (SSSR count). The largest absolute Gasteiger partial charge is 1.00 e. The molecule has 0 saturated carbocycles. The van der Waals surface area contributed by atoms with Crippen LogP contribution in [0, 0.1) is 0 Å². The molecule has 1 heterocycles. The van der Waals surface area contributed by atoms with E-state index in [1.165, 1.54) is 36.9 Å². The van der Waals surface area contributed by atoms with Gasteiger partial charge in [0.05, 0.1) is 0 Å². The number of hydrogen-bond donors (Lipinski definition) is 0. The van der Waals surface area contributed by atoms with Crippen molar-refractivity contribution in [1.29, 1.82) is 0 Å². The van der Waals surface area contributed by atoms with Crippen LogP contribution >= 0.6 is 0 Å². The second kappa shape index (κ2) is 8.80. The van der Waals surface area contributed by atoms with Crippen molar-refractivity contribution in [2.75, 3.05) is 0 Å². The minimum Gasteiger partial charge on any atom is -1.00 e. The molecule has 1 aliphatic heterocycles. The summed E-state index contributed by atoms with van der Waals surface area (Å²) in [6, 6.07) is 14.9. The topological polar surface area (TPSA) is 0 Å². The molecule has 0 aromatic heterocycles. The first kappa shape index (κ1) is 27.0. The Morgan fingerprint density at radius 3 is 1.52 bits per heavy atom. The van der Waals surface area contributed by atoms with Gasteiger partial charge in [-0.2, -0.15) is 0 Å². The molecule has 2 aromatic rings. The average molecular weight is 561 g/mol. The van der Waals surface area contributed by atoms with Crippen LogP contribution < -0.4 is 24.8 Å². The molecule has 3 heteroatoms. The predicted octanol–water partition coefficient (Wildman–Crippen LogP) is 2.99. The summed E-state index contributed by atoms with van der Waals surface area (Å²) in [6.07, 6.45) is 3.75. The minimum absolute atomic E-state index is 0. The maximum atomic E-state index is 2.61. The SMILES string of the molecule is CC1=CC[C]([Zr+2]2([CH]3c4cc(C(C)(C)C)ccc4-c4ccc(C(C)(C)C)cc43)[CH2][CH2]2)=C1C.[Cl-].[Cl-]. The Labute approximate surface area is 218 Å². The molecule has 0 amide bonds. The van der Waals surface area contributed by atoms with Crippen molar-refractivity contribution < 1.29 is 45.1 Å². The molecule has 0 radical (unpaired) electrons. The van der Waals surface area contributed by atoms with Gasteiger partial charge < -0.3 is 24.8 Å². The Morgan fingerprint density at radius 1 is 0.727 bits per heavy atom. The Balaban J connectivity index is 0.00000153. The summed E-state index contributed by atoms with van der Waals surface area (Å²) in [5, 5.41) is 0. The first-order chi connectivity index (χ1) is 14.4. The number of fused-ring (bicyclic) bond motifs is 3. The van der Waals surface area contributed by atoms with Crippen LogP contribution in [0.2, 0.25) is 8.26 Å². The molecule has 0 N–H and O–H groups in total. The molecular weight excluding hydrogens is 522 g/mol. The van der Waals surface area contributed by atoms with Gasteiger partial charge in [-0.3, -0.25) is 0 Å². The second-order valence-electron chi connectivity index (χ2n) is 12.4. The van der Waals surface area contributed by atoms with E-state index >= 15 is 0 Å². The van der Waals surface area contributed by atoms with Crippen molar-refractivity contribution in [2.24, 2.45) is 0 Å². The Morgan fingerprint density at radius 2 is 1.18 bits per heavy atom. The molecule has 0 unspecified atom stereocenters. The van der Waals surface area contributed by atoms with Gasteiger partial charge >= 0.3 is 195 Å². The van der Waals surface area contributed by atoms with E-state index in [9.17, 15) is 0 Å². The van der Waals surface area contributed by atoms with Gasteiger partial charge in [-0.15, -0.1) is 0 Å². The molecule has 0 bridgehead atoms. The Kier molecular flexibility index (Phi) is 7.19. The van der Waals surface area contributed by atoms with Gasteiger partial charge in [0.2, 0.25) is 0 Å². The van der Waals surface area contributed by atoms with Crippen molar-refractivity contribution in [1.82, 2.24) is 0 Å². The number of halogens is 2. The van der Waals surface area contributed by atoms with Crippen LogP contribution in [0.1, 0.15) is 87.7 Å². The van der Waals surface area contributed by atoms with Crippen LogP contribution in [0.4, 0.5) is 0 Å². The fraction of sp³-hybridized carbons (Fsp3) is 0.467. The van der Waals surface area contributed by atoms with E-state index in [-0.39, 0.29) is 35.6 Å². The maximum Gasteiger partial charge on any atom is -1.00 e. The maximum absolute atomic E-state index is 2.61. The third kappa shape index (κ3) is 4.30. The van der Waals surface area contributed by atoms with E-state index in [4.69, 9.17) is 0 Å². The monoisotopic (exact) mass is 558 g/mol.